The third kappa shape index (κ3) is 2.95. The first-order valence-electron chi connectivity index (χ1n) is 7.99. The fraction of sp³-hybridized carbons (Fsp3) is 0.278. The highest BCUT2D eigenvalue weighted by Crippen LogP contribution is 2.30. The summed E-state index contributed by atoms with van der Waals surface area (Å²) in [6.07, 6.45) is 10.2. The number of aromatic nitrogens is 3. The lowest BCUT2D eigenvalue weighted by Gasteiger charge is -2.13. The molecule has 0 spiro atoms. The van der Waals surface area contributed by atoms with Gasteiger partial charge in [0.15, 0.2) is 5.76 Å². The van der Waals surface area contributed by atoms with Crippen molar-refractivity contribution in [3.63, 3.8) is 0 Å². The van der Waals surface area contributed by atoms with Gasteiger partial charge in [0.2, 0.25) is 5.95 Å². The molecule has 5 nitrogen and oxygen atoms in total. The molecule has 0 aromatic carbocycles. The molecule has 3 heterocycles. The van der Waals surface area contributed by atoms with Gasteiger partial charge in [0.05, 0.1) is 12.0 Å². The van der Waals surface area contributed by atoms with Crippen molar-refractivity contribution >= 4 is 5.95 Å². The summed E-state index contributed by atoms with van der Waals surface area (Å²) in [6, 6.07) is 10.1. The summed E-state index contributed by atoms with van der Waals surface area (Å²) in [7, 11) is 0. The van der Waals surface area contributed by atoms with E-state index >= 15 is 0 Å². The third-order valence-corrected chi connectivity index (χ3v) is 4.17. The van der Waals surface area contributed by atoms with Crippen molar-refractivity contribution in [3.05, 3.63) is 49.0 Å². The van der Waals surface area contributed by atoms with Crippen molar-refractivity contribution in [2.75, 3.05) is 5.32 Å². The first kappa shape index (κ1) is 13.9. The zero-order valence-electron chi connectivity index (χ0n) is 12.8. The van der Waals surface area contributed by atoms with Crippen LogP contribution in [-0.4, -0.2) is 21.0 Å². The van der Waals surface area contributed by atoms with Crippen molar-refractivity contribution in [1.82, 2.24) is 15.0 Å². The molecule has 0 saturated heterocycles. The average Bonchev–Trinajstić information content (AvgIpc) is 3.29. The quantitative estimate of drug-likeness (QED) is 0.784. The van der Waals surface area contributed by atoms with Crippen LogP contribution in [0.15, 0.2) is 53.4 Å². The molecular formula is C18H18N4O. The molecule has 0 aliphatic heterocycles. The van der Waals surface area contributed by atoms with Gasteiger partial charge in [-0.05, 0) is 37.1 Å². The molecule has 116 valence electrons. The molecule has 1 saturated carbocycles. The van der Waals surface area contributed by atoms with Crippen molar-refractivity contribution in [2.45, 2.75) is 31.7 Å². The smallest absolute Gasteiger partial charge is 0.223 e. The molecule has 4 rings (SSSR count). The Balaban J connectivity index is 1.74. The van der Waals surface area contributed by atoms with Crippen LogP contribution >= 0.6 is 0 Å². The summed E-state index contributed by atoms with van der Waals surface area (Å²) >= 11 is 0. The zero-order valence-corrected chi connectivity index (χ0v) is 12.8. The van der Waals surface area contributed by atoms with Gasteiger partial charge in [-0.3, -0.25) is 4.98 Å². The van der Waals surface area contributed by atoms with Gasteiger partial charge < -0.3 is 9.73 Å². The van der Waals surface area contributed by atoms with Gasteiger partial charge in [-0.1, -0.05) is 18.9 Å². The molecule has 0 unspecified atom stereocenters. The molecule has 0 atom stereocenters. The van der Waals surface area contributed by atoms with Crippen LogP contribution in [0, 0.1) is 0 Å². The molecule has 0 amide bonds. The van der Waals surface area contributed by atoms with Gasteiger partial charge >= 0.3 is 0 Å². The monoisotopic (exact) mass is 306 g/mol. The number of furan rings is 1. The number of nitrogens with one attached hydrogen (secondary N) is 1. The predicted octanol–water partition coefficient (Wildman–Crippen LogP) is 4.15. The highest BCUT2D eigenvalue weighted by atomic mass is 16.3. The van der Waals surface area contributed by atoms with E-state index in [1.807, 2.05) is 36.5 Å². The number of hydrogen-bond acceptors (Lipinski definition) is 5. The summed E-state index contributed by atoms with van der Waals surface area (Å²) in [6.45, 7) is 0. The van der Waals surface area contributed by atoms with Gasteiger partial charge in [0, 0.05) is 24.0 Å². The highest BCUT2D eigenvalue weighted by Gasteiger charge is 2.18. The molecular weight excluding hydrogens is 288 g/mol. The summed E-state index contributed by atoms with van der Waals surface area (Å²) in [5.41, 5.74) is 2.48. The molecule has 23 heavy (non-hydrogen) atoms. The second-order valence-corrected chi connectivity index (χ2v) is 5.77. The van der Waals surface area contributed by atoms with Gasteiger partial charge in [0.1, 0.15) is 5.69 Å². The predicted molar refractivity (Wildman–Crippen MR) is 88.8 cm³/mol. The minimum absolute atomic E-state index is 0.472. The van der Waals surface area contributed by atoms with Crippen LogP contribution in [0.2, 0.25) is 0 Å². The maximum atomic E-state index is 5.56. The Morgan fingerprint density at radius 1 is 1.04 bits per heavy atom. The first-order chi connectivity index (χ1) is 11.4. The SMILES string of the molecule is c1ccc(-c2cnc(NC3CCCC3)nc2-c2ccco2)nc1. The Kier molecular flexibility index (Phi) is 3.76. The van der Waals surface area contributed by atoms with E-state index in [0.717, 1.165) is 22.7 Å². The molecule has 1 aliphatic rings. The maximum absolute atomic E-state index is 5.56. The van der Waals surface area contributed by atoms with Gasteiger partial charge in [0.25, 0.3) is 0 Å². The van der Waals surface area contributed by atoms with Crippen LogP contribution in [0.25, 0.3) is 22.7 Å². The van der Waals surface area contributed by atoms with E-state index < -0.39 is 0 Å². The van der Waals surface area contributed by atoms with Crippen LogP contribution in [0.5, 0.6) is 0 Å². The highest BCUT2D eigenvalue weighted by molar-refractivity contribution is 5.76. The second-order valence-electron chi connectivity index (χ2n) is 5.77. The van der Waals surface area contributed by atoms with Crippen LogP contribution in [0.1, 0.15) is 25.7 Å². The minimum atomic E-state index is 0.472. The van der Waals surface area contributed by atoms with Crippen LogP contribution in [-0.2, 0) is 0 Å². The maximum Gasteiger partial charge on any atom is 0.223 e. The molecule has 3 aromatic rings. The molecule has 1 aliphatic carbocycles. The fourth-order valence-corrected chi connectivity index (χ4v) is 3.01. The van der Waals surface area contributed by atoms with Crippen LogP contribution in [0.3, 0.4) is 0 Å². The normalized spacial score (nSPS) is 15.0. The second kappa shape index (κ2) is 6.20. The van der Waals surface area contributed by atoms with Crippen molar-refractivity contribution in [2.24, 2.45) is 0 Å². The number of hydrogen-bond donors (Lipinski definition) is 1. The van der Waals surface area contributed by atoms with Crippen molar-refractivity contribution in [1.29, 1.82) is 0 Å². The van der Waals surface area contributed by atoms with E-state index in [9.17, 15) is 0 Å². The molecule has 1 fully saturated rings. The Hall–Kier alpha value is -2.69. The summed E-state index contributed by atoms with van der Waals surface area (Å²) < 4.78 is 5.56. The van der Waals surface area contributed by atoms with Crippen molar-refractivity contribution in [3.8, 4) is 22.7 Å². The number of anilines is 1. The summed E-state index contributed by atoms with van der Waals surface area (Å²) in [5.74, 6) is 1.38. The largest absolute Gasteiger partial charge is 0.463 e. The molecule has 0 radical (unpaired) electrons. The zero-order chi connectivity index (χ0) is 15.5. The number of rotatable bonds is 4. The van der Waals surface area contributed by atoms with Crippen molar-refractivity contribution < 1.29 is 4.42 Å². The van der Waals surface area contributed by atoms with E-state index in [1.54, 1.807) is 12.5 Å². The van der Waals surface area contributed by atoms with E-state index in [2.05, 4.69) is 15.3 Å². The van der Waals surface area contributed by atoms with E-state index in [-0.39, 0.29) is 0 Å². The number of nitrogens with zero attached hydrogens (tertiary/aromatic N) is 3. The average molecular weight is 306 g/mol. The topological polar surface area (TPSA) is 63.8 Å². The summed E-state index contributed by atoms with van der Waals surface area (Å²) in [5, 5.41) is 3.44. The fourth-order valence-electron chi connectivity index (χ4n) is 3.01. The van der Waals surface area contributed by atoms with Gasteiger partial charge in [-0.2, -0.15) is 0 Å². The Bertz CT molecular complexity index is 765. The Morgan fingerprint density at radius 2 is 1.96 bits per heavy atom. The lowest BCUT2D eigenvalue weighted by molar-refractivity contribution is 0.580. The third-order valence-electron chi connectivity index (χ3n) is 4.17. The van der Waals surface area contributed by atoms with Crippen LogP contribution in [0.4, 0.5) is 5.95 Å². The van der Waals surface area contributed by atoms with Gasteiger partial charge in [-0.15, -0.1) is 0 Å². The minimum Gasteiger partial charge on any atom is -0.463 e. The van der Waals surface area contributed by atoms with Gasteiger partial charge in [-0.25, -0.2) is 9.97 Å². The molecule has 1 N–H and O–H groups in total. The lowest BCUT2D eigenvalue weighted by Crippen LogP contribution is -2.16. The van der Waals surface area contributed by atoms with Crippen LogP contribution < -0.4 is 5.32 Å². The Labute approximate surface area is 134 Å². The molecule has 3 aromatic heterocycles. The Morgan fingerprint density at radius 3 is 2.70 bits per heavy atom. The van der Waals surface area contributed by atoms with E-state index in [0.29, 0.717) is 12.0 Å². The summed E-state index contributed by atoms with van der Waals surface area (Å²) in [4.78, 5) is 13.6. The first-order valence-corrected chi connectivity index (χ1v) is 7.99. The number of pyridine rings is 1. The standard InChI is InChI=1S/C18H18N4O/c1-2-7-13(6-1)21-18-20-12-14(15-8-3-4-10-19-15)17(22-18)16-9-5-11-23-16/h3-5,8-13H,1-2,6-7H2,(H,20,21,22). The van der Waals surface area contributed by atoms with E-state index in [1.165, 1.54) is 25.7 Å². The molecule has 5 heteroatoms. The molecule has 0 bridgehead atoms. The lowest BCUT2D eigenvalue weighted by atomic mass is 10.1. The van der Waals surface area contributed by atoms with E-state index in [4.69, 9.17) is 9.40 Å².